The van der Waals surface area contributed by atoms with Gasteiger partial charge in [0, 0.05) is 6.42 Å². The van der Waals surface area contributed by atoms with Crippen molar-refractivity contribution in [1.29, 1.82) is 5.26 Å². The van der Waals surface area contributed by atoms with Gasteiger partial charge in [0.25, 0.3) is 5.91 Å². The average molecular weight is 316 g/mol. The largest absolute Gasteiger partial charge is 0.484 e. The molecule has 2 rings (SSSR count). The second-order valence-electron chi connectivity index (χ2n) is 5.07. The van der Waals surface area contributed by atoms with Gasteiger partial charge in [0.15, 0.2) is 6.61 Å². The number of nitriles is 1. The van der Waals surface area contributed by atoms with E-state index < -0.39 is 0 Å². The summed E-state index contributed by atoms with van der Waals surface area (Å²) in [5.41, 5.74) is 0.545. The lowest BCUT2D eigenvalue weighted by atomic mass is 10.1. The Morgan fingerprint density at radius 1 is 1.36 bits per heavy atom. The Bertz CT molecular complexity index is 674. The molecule has 1 heterocycles. The van der Waals surface area contributed by atoms with Gasteiger partial charge in [-0.25, -0.2) is 0 Å². The molecule has 0 radical (unpaired) electrons. The van der Waals surface area contributed by atoms with E-state index in [1.165, 1.54) is 11.3 Å². The third-order valence-electron chi connectivity index (χ3n) is 2.65. The number of carbonyl (C=O) groups excluding carboxylic acids is 1. The molecule has 0 unspecified atom stereocenters. The van der Waals surface area contributed by atoms with Crippen molar-refractivity contribution < 1.29 is 9.53 Å². The van der Waals surface area contributed by atoms with Crippen LogP contribution < -0.4 is 10.1 Å². The van der Waals surface area contributed by atoms with Gasteiger partial charge in [0.1, 0.15) is 10.8 Å². The summed E-state index contributed by atoms with van der Waals surface area (Å²) in [7, 11) is 0. The van der Waals surface area contributed by atoms with E-state index in [1.54, 1.807) is 24.3 Å². The fourth-order valence-electron chi connectivity index (χ4n) is 1.67. The lowest BCUT2D eigenvalue weighted by Gasteiger charge is -2.05. The SMILES string of the molecule is CC(C)Cc1nnc(NC(=O)COc2ccc(C#N)cc2)s1. The highest BCUT2D eigenvalue weighted by molar-refractivity contribution is 7.15. The molecule has 6 nitrogen and oxygen atoms in total. The van der Waals surface area contributed by atoms with Crippen molar-refractivity contribution in [3.05, 3.63) is 34.8 Å². The molecule has 1 aromatic heterocycles. The zero-order valence-corrected chi connectivity index (χ0v) is 13.2. The minimum absolute atomic E-state index is 0.120. The van der Waals surface area contributed by atoms with E-state index in [2.05, 4.69) is 29.4 Å². The molecule has 7 heteroatoms. The number of rotatable bonds is 6. The Hall–Kier alpha value is -2.46. The second kappa shape index (κ2) is 7.52. The van der Waals surface area contributed by atoms with Gasteiger partial charge in [-0.2, -0.15) is 5.26 Å². The van der Waals surface area contributed by atoms with Gasteiger partial charge in [-0.15, -0.1) is 10.2 Å². The molecule has 0 atom stereocenters. The summed E-state index contributed by atoms with van der Waals surface area (Å²) in [5, 5.41) is 20.7. The first kappa shape index (κ1) is 15.9. The number of carbonyl (C=O) groups is 1. The van der Waals surface area contributed by atoms with E-state index in [9.17, 15) is 4.79 Å². The fraction of sp³-hybridized carbons (Fsp3) is 0.333. The van der Waals surface area contributed by atoms with Crippen molar-refractivity contribution in [3.63, 3.8) is 0 Å². The number of ether oxygens (including phenoxy) is 1. The first-order chi connectivity index (χ1) is 10.6. The Labute approximate surface area is 132 Å². The van der Waals surface area contributed by atoms with Crippen LogP contribution in [0.4, 0.5) is 5.13 Å². The van der Waals surface area contributed by atoms with Crippen LogP contribution in [0.1, 0.15) is 24.4 Å². The van der Waals surface area contributed by atoms with Crippen LogP contribution in [0.5, 0.6) is 5.75 Å². The Balaban J connectivity index is 1.82. The average Bonchev–Trinajstić information content (AvgIpc) is 2.92. The number of benzene rings is 1. The molecule has 0 aliphatic rings. The molecule has 0 aliphatic carbocycles. The number of amides is 1. The Morgan fingerprint density at radius 2 is 2.09 bits per heavy atom. The molecule has 1 amide bonds. The molecule has 1 N–H and O–H groups in total. The highest BCUT2D eigenvalue weighted by atomic mass is 32.1. The van der Waals surface area contributed by atoms with Gasteiger partial charge < -0.3 is 4.74 Å². The van der Waals surface area contributed by atoms with Crippen LogP contribution in [-0.2, 0) is 11.2 Å². The van der Waals surface area contributed by atoms with Gasteiger partial charge >= 0.3 is 0 Å². The van der Waals surface area contributed by atoms with Gasteiger partial charge in [-0.1, -0.05) is 25.2 Å². The highest BCUT2D eigenvalue weighted by Crippen LogP contribution is 2.18. The van der Waals surface area contributed by atoms with Crippen LogP contribution in [-0.4, -0.2) is 22.7 Å². The van der Waals surface area contributed by atoms with Gasteiger partial charge in [0.2, 0.25) is 5.13 Å². The summed E-state index contributed by atoms with van der Waals surface area (Å²) < 4.78 is 5.35. The highest BCUT2D eigenvalue weighted by Gasteiger charge is 2.10. The minimum Gasteiger partial charge on any atom is -0.484 e. The predicted octanol–water partition coefficient (Wildman–Crippen LogP) is 2.63. The summed E-state index contributed by atoms with van der Waals surface area (Å²) in [6.07, 6.45) is 0.843. The number of hydrogen-bond acceptors (Lipinski definition) is 6. The molecule has 0 spiro atoms. The maximum Gasteiger partial charge on any atom is 0.264 e. The van der Waals surface area contributed by atoms with Crippen LogP contribution in [0.3, 0.4) is 0 Å². The van der Waals surface area contributed by atoms with E-state index in [4.69, 9.17) is 10.00 Å². The normalized spacial score (nSPS) is 10.3. The van der Waals surface area contributed by atoms with Crippen LogP contribution in [0.15, 0.2) is 24.3 Å². The number of nitrogens with zero attached hydrogens (tertiary/aromatic N) is 3. The van der Waals surface area contributed by atoms with E-state index in [0.29, 0.717) is 22.4 Å². The summed E-state index contributed by atoms with van der Waals surface area (Å²) in [6, 6.07) is 8.59. The molecule has 0 saturated heterocycles. The zero-order chi connectivity index (χ0) is 15.9. The summed E-state index contributed by atoms with van der Waals surface area (Å²) in [4.78, 5) is 11.8. The van der Waals surface area contributed by atoms with Crippen LogP contribution in [0.2, 0.25) is 0 Å². The first-order valence-electron chi connectivity index (χ1n) is 6.82. The van der Waals surface area contributed by atoms with E-state index in [1.807, 2.05) is 6.07 Å². The lowest BCUT2D eigenvalue weighted by molar-refractivity contribution is -0.118. The van der Waals surface area contributed by atoms with E-state index in [-0.39, 0.29) is 12.5 Å². The number of anilines is 1. The van der Waals surface area contributed by atoms with Crippen molar-refractivity contribution >= 4 is 22.4 Å². The number of hydrogen-bond donors (Lipinski definition) is 1. The third-order valence-corrected chi connectivity index (χ3v) is 3.51. The molecule has 0 bridgehead atoms. The molecule has 0 fully saturated rings. The fourth-order valence-corrected chi connectivity index (χ4v) is 2.63. The Morgan fingerprint density at radius 3 is 2.73 bits per heavy atom. The molecule has 1 aromatic carbocycles. The van der Waals surface area contributed by atoms with Gasteiger partial charge in [-0.05, 0) is 30.2 Å². The molecule has 0 aliphatic heterocycles. The van der Waals surface area contributed by atoms with Gasteiger partial charge in [-0.3, -0.25) is 10.1 Å². The van der Waals surface area contributed by atoms with E-state index in [0.717, 1.165) is 11.4 Å². The summed E-state index contributed by atoms with van der Waals surface area (Å²) in [6.45, 7) is 4.08. The van der Waals surface area contributed by atoms with Gasteiger partial charge in [0.05, 0.1) is 11.6 Å². The maximum atomic E-state index is 11.8. The Kier molecular flexibility index (Phi) is 5.44. The number of nitrogens with one attached hydrogen (secondary N) is 1. The standard InChI is InChI=1S/C15H16N4O2S/c1-10(2)7-14-18-19-15(22-14)17-13(20)9-21-12-5-3-11(8-16)4-6-12/h3-6,10H,7,9H2,1-2H3,(H,17,19,20). The van der Waals surface area contributed by atoms with Crippen LogP contribution in [0.25, 0.3) is 0 Å². The zero-order valence-electron chi connectivity index (χ0n) is 12.4. The van der Waals surface area contributed by atoms with E-state index >= 15 is 0 Å². The summed E-state index contributed by atoms with van der Waals surface area (Å²) >= 11 is 1.37. The maximum absolute atomic E-state index is 11.8. The van der Waals surface area contributed by atoms with Crippen molar-refractivity contribution in [2.75, 3.05) is 11.9 Å². The first-order valence-corrected chi connectivity index (χ1v) is 7.63. The molecular weight excluding hydrogens is 300 g/mol. The smallest absolute Gasteiger partial charge is 0.264 e. The molecule has 22 heavy (non-hydrogen) atoms. The molecular formula is C15H16N4O2S. The molecule has 114 valence electrons. The molecule has 2 aromatic rings. The lowest BCUT2D eigenvalue weighted by Crippen LogP contribution is -2.20. The van der Waals surface area contributed by atoms with Crippen LogP contribution >= 0.6 is 11.3 Å². The predicted molar refractivity (Wildman–Crippen MR) is 83.7 cm³/mol. The van der Waals surface area contributed by atoms with Crippen molar-refractivity contribution in [3.8, 4) is 11.8 Å². The third kappa shape index (κ3) is 4.82. The van der Waals surface area contributed by atoms with Crippen molar-refractivity contribution in [1.82, 2.24) is 10.2 Å². The molecule has 0 saturated carbocycles. The van der Waals surface area contributed by atoms with Crippen LogP contribution in [0, 0.1) is 17.2 Å². The topological polar surface area (TPSA) is 87.9 Å². The quantitative estimate of drug-likeness (QED) is 0.885. The second-order valence-corrected chi connectivity index (χ2v) is 6.13. The number of aromatic nitrogens is 2. The van der Waals surface area contributed by atoms with Crippen molar-refractivity contribution in [2.45, 2.75) is 20.3 Å². The van der Waals surface area contributed by atoms with Crippen molar-refractivity contribution in [2.24, 2.45) is 5.92 Å². The minimum atomic E-state index is -0.295. The summed E-state index contributed by atoms with van der Waals surface area (Å²) in [5.74, 6) is 0.736. The monoisotopic (exact) mass is 316 g/mol.